The molecule has 37 heavy (non-hydrogen) atoms. The van der Waals surface area contributed by atoms with Gasteiger partial charge in [0.15, 0.2) is 0 Å². The fourth-order valence-corrected chi connectivity index (χ4v) is 4.57. The van der Waals surface area contributed by atoms with Gasteiger partial charge in [-0.15, -0.1) is 0 Å². The molecule has 0 spiro atoms. The number of aliphatic imine (C=N–C) groups is 2. The van der Waals surface area contributed by atoms with Gasteiger partial charge in [0, 0.05) is 49.7 Å². The number of nitrogens with zero attached hydrogens (tertiary/aromatic N) is 5. The molecule has 2 aliphatic rings. The number of alkyl halides is 2. The van der Waals surface area contributed by atoms with E-state index in [1.807, 2.05) is 12.3 Å². The van der Waals surface area contributed by atoms with E-state index in [0.29, 0.717) is 18.3 Å². The van der Waals surface area contributed by atoms with Crippen LogP contribution in [-0.4, -0.2) is 60.1 Å². The molecule has 0 atom stereocenters. The molecule has 2 N–H and O–H groups in total. The standard InChI is InChI=1S/C28H31F2N7/c1-31-24-18-33-17-23(21-7-8-21)26(24)27(37-13-11-32-12-14-37)35-16-20-9-10-34-25(15-20)36-19-28(29,30)22-5-3-2-4-6-22/h2-6,9-10,15,17-18,21,32H,1,7-8,11-14,16,19H2,(H,34,36). The first-order chi connectivity index (χ1) is 18.0. The number of nitrogens with one attached hydrogen (secondary N) is 2. The summed E-state index contributed by atoms with van der Waals surface area (Å²) in [7, 11) is 0. The van der Waals surface area contributed by atoms with Crippen LogP contribution in [0.15, 0.2) is 71.0 Å². The topological polar surface area (TPSA) is 77.8 Å². The molecule has 192 valence electrons. The van der Waals surface area contributed by atoms with Crippen molar-refractivity contribution in [3.63, 3.8) is 0 Å². The molecule has 0 radical (unpaired) electrons. The third-order valence-corrected chi connectivity index (χ3v) is 6.71. The molecule has 1 aromatic carbocycles. The molecule has 5 rings (SSSR count). The molecule has 1 saturated carbocycles. The fourth-order valence-electron chi connectivity index (χ4n) is 4.57. The average molecular weight is 504 g/mol. The molecule has 3 aromatic rings. The minimum atomic E-state index is -3.01. The molecule has 0 unspecified atom stereocenters. The Morgan fingerprint density at radius 3 is 2.65 bits per heavy atom. The second kappa shape index (κ2) is 11.1. The van der Waals surface area contributed by atoms with Crippen LogP contribution in [0, 0.1) is 0 Å². The number of aromatic nitrogens is 2. The van der Waals surface area contributed by atoms with Crippen LogP contribution in [0.2, 0.25) is 0 Å². The lowest BCUT2D eigenvalue weighted by atomic mass is 10.0. The zero-order valence-electron chi connectivity index (χ0n) is 20.7. The monoisotopic (exact) mass is 503 g/mol. The van der Waals surface area contributed by atoms with Crippen molar-refractivity contribution in [1.82, 2.24) is 20.2 Å². The second-order valence-electron chi connectivity index (χ2n) is 9.41. The third-order valence-electron chi connectivity index (χ3n) is 6.71. The Bertz CT molecular complexity index is 1250. The van der Waals surface area contributed by atoms with Gasteiger partial charge >= 0.3 is 0 Å². The van der Waals surface area contributed by atoms with Gasteiger partial charge in [-0.1, -0.05) is 30.3 Å². The van der Waals surface area contributed by atoms with Crippen molar-refractivity contribution in [3.8, 4) is 0 Å². The first kappa shape index (κ1) is 25.0. The molecule has 1 aliphatic carbocycles. The second-order valence-corrected chi connectivity index (χ2v) is 9.41. The summed E-state index contributed by atoms with van der Waals surface area (Å²) in [4.78, 5) is 20.3. The van der Waals surface area contributed by atoms with Crippen molar-refractivity contribution in [2.45, 2.75) is 31.2 Å². The maximum Gasteiger partial charge on any atom is 0.290 e. The number of hydrogen-bond donors (Lipinski definition) is 2. The molecular formula is C28H31F2N7. The number of amidine groups is 1. The molecule has 7 nitrogen and oxygen atoms in total. The Labute approximate surface area is 215 Å². The first-order valence-corrected chi connectivity index (χ1v) is 12.6. The largest absolute Gasteiger partial charge is 0.364 e. The number of rotatable bonds is 9. The maximum atomic E-state index is 14.6. The summed E-state index contributed by atoms with van der Waals surface area (Å²) in [6.45, 7) is 7.03. The summed E-state index contributed by atoms with van der Waals surface area (Å²) in [6.07, 6.45) is 7.57. The van der Waals surface area contributed by atoms with Crippen molar-refractivity contribution >= 4 is 24.1 Å². The molecule has 3 heterocycles. The van der Waals surface area contributed by atoms with E-state index in [1.54, 1.807) is 36.7 Å². The lowest BCUT2D eigenvalue weighted by Gasteiger charge is -2.32. The lowest BCUT2D eigenvalue weighted by molar-refractivity contribution is 0.0105. The number of pyridine rings is 2. The van der Waals surface area contributed by atoms with Crippen molar-refractivity contribution in [3.05, 3.63) is 83.3 Å². The minimum absolute atomic E-state index is 0.0284. The van der Waals surface area contributed by atoms with E-state index in [9.17, 15) is 8.78 Å². The van der Waals surface area contributed by atoms with E-state index in [4.69, 9.17) is 4.99 Å². The van der Waals surface area contributed by atoms with Crippen LogP contribution < -0.4 is 10.6 Å². The first-order valence-electron chi connectivity index (χ1n) is 12.6. The number of piperazine rings is 1. The predicted octanol–water partition coefficient (Wildman–Crippen LogP) is 4.74. The van der Waals surface area contributed by atoms with Gasteiger partial charge in [0.25, 0.3) is 5.92 Å². The maximum absolute atomic E-state index is 14.6. The van der Waals surface area contributed by atoms with Crippen LogP contribution in [-0.2, 0) is 12.5 Å². The van der Waals surface area contributed by atoms with Gasteiger partial charge in [-0.25, -0.2) is 4.98 Å². The number of halogens is 2. The Morgan fingerprint density at radius 1 is 1.14 bits per heavy atom. The van der Waals surface area contributed by atoms with Crippen molar-refractivity contribution in [1.29, 1.82) is 0 Å². The summed E-state index contributed by atoms with van der Waals surface area (Å²) in [5.41, 5.74) is 3.76. The van der Waals surface area contributed by atoms with Gasteiger partial charge in [-0.2, -0.15) is 8.78 Å². The quantitative estimate of drug-likeness (QED) is 0.326. The van der Waals surface area contributed by atoms with Crippen molar-refractivity contribution in [2.75, 3.05) is 38.0 Å². The smallest absolute Gasteiger partial charge is 0.290 e. The average Bonchev–Trinajstić information content (AvgIpc) is 3.79. The molecule has 9 heteroatoms. The fraction of sp³-hybridized carbons (Fsp3) is 0.357. The van der Waals surface area contributed by atoms with Crippen LogP contribution in [0.25, 0.3) is 0 Å². The van der Waals surface area contributed by atoms with Crippen LogP contribution in [0.3, 0.4) is 0 Å². The highest BCUT2D eigenvalue weighted by Crippen LogP contribution is 2.43. The zero-order valence-corrected chi connectivity index (χ0v) is 20.7. The third kappa shape index (κ3) is 5.99. The summed E-state index contributed by atoms with van der Waals surface area (Å²) in [5, 5.41) is 6.19. The Hall–Kier alpha value is -3.72. The number of anilines is 1. The predicted molar refractivity (Wildman–Crippen MR) is 143 cm³/mol. The summed E-state index contributed by atoms with van der Waals surface area (Å²) in [5.74, 6) is -1.26. The Kier molecular flexibility index (Phi) is 7.50. The van der Waals surface area contributed by atoms with Crippen LogP contribution >= 0.6 is 0 Å². The van der Waals surface area contributed by atoms with E-state index in [0.717, 1.165) is 61.7 Å². The van der Waals surface area contributed by atoms with Crippen LogP contribution in [0.5, 0.6) is 0 Å². The molecule has 1 saturated heterocycles. The summed E-state index contributed by atoms with van der Waals surface area (Å²) in [6, 6.07) is 11.4. The zero-order chi connectivity index (χ0) is 25.7. The van der Waals surface area contributed by atoms with E-state index >= 15 is 0 Å². The summed E-state index contributed by atoms with van der Waals surface area (Å²) >= 11 is 0. The van der Waals surface area contributed by atoms with Gasteiger partial charge in [0.05, 0.1) is 25.0 Å². The van der Waals surface area contributed by atoms with Gasteiger partial charge in [-0.3, -0.25) is 15.0 Å². The van der Waals surface area contributed by atoms with E-state index in [-0.39, 0.29) is 5.56 Å². The molecule has 2 aromatic heterocycles. The van der Waals surface area contributed by atoms with Gasteiger partial charge in [-0.05, 0) is 48.7 Å². The van der Waals surface area contributed by atoms with E-state index < -0.39 is 12.5 Å². The molecule has 1 aliphatic heterocycles. The number of benzene rings is 1. The highest BCUT2D eigenvalue weighted by Gasteiger charge is 2.32. The van der Waals surface area contributed by atoms with E-state index in [1.165, 1.54) is 17.7 Å². The minimum Gasteiger partial charge on any atom is -0.364 e. The molecular weight excluding hydrogens is 472 g/mol. The lowest BCUT2D eigenvalue weighted by Crippen LogP contribution is -2.47. The van der Waals surface area contributed by atoms with Crippen molar-refractivity contribution in [2.24, 2.45) is 9.98 Å². The summed E-state index contributed by atoms with van der Waals surface area (Å²) < 4.78 is 29.3. The molecule has 2 fully saturated rings. The van der Waals surface area contributed by atoms with Crippen LogP contribution in [0.4, 0.5) is 20.3 Å². The number of hydrogen-bond acceptors (Lipinski definition) is 6. The van der Waals surface area contributed by atoms with Crippen LogP contribution in [0.1, 0.15) is 41.0 Å². The van der Waals surface area contributed by atoms with Gasteiger partial charge in [0.1, 0.15) is 11.7 Å². The molecule has 0 amide bonds. The van der Waals surface area contributed by atoms with E-state index in [2.05, 4.69) is 37.2 Å². The van der Waals surface area contributed by atoms with Gasteiger partial charge < -0.3 is 15.5 Å². The highest BCUT2D eigenvalue weighted by molar-refractivity contribution is 6.04. The SMILES string of the molecule is C=Nc1cncc(C2CC2)c1C(=NCc1ccnc(NCC(F)(F)c2ccccc2)c1)N1CCNCC1. The van der Waals surface area contributed by atoms with Gasteiger partial charge in [0.2, 0.25) is 0 Å². The van der Waals surface area contributed by atoms with Crippen molar-refractivity contribution < 1.29 is 8.78 Å². The molecule has 0 bridgehead atoms. The Balaban J connectivity index is 1.39. The highest BCUT2D eigenvalue weighted by atomic mass is 19.3. The Morgan fingerprint density at radius 2 is 1.92 bits per heavy atom. The normalized spacial score (nSPS) is 16.5.